The van der Waals surface area contributed by atoms with Crippen molar-refractivity contribution in [1.82, 2.24) is 5.43 Å². The second kappa shape index (κ2) is 7.66. The van der Waals surface area contributed by atoms with Gasteiger partial charge in [0.2, 0.25) is 0 Å². The molecule has 5 nitrogen and oxygen atoms in total. The van der Waals surface area contributed by atoms with E-state index in [-0.39, 0.29) is 11.7 Å². The van der Waals surface area contributed by atoms with E-state index in [1.165, 1.54) is 5.69 Å². The van der Waals surface area contributed by atoms with Crippen LogP contribution in [0.5, 0.6) is 0 Å². The monoisotopic (exact) mass is 335 g/mol. The molecule has 0 aliphatic rings. The predicted octanol–water partition coefficient (Wildman–Crippen LogP) is 4.04. The van der Waals surface area contributed by atoms with Gasteiger partial charge in [0.15, 0.2) is 5.76 Å². The molecule has 1 amide bonds. The number of nitrogens with one attached hydrogen (secondary N) is 1. The minimum Gasteiger partial charge on any atom is -0.451 e. The summed E-state index contributed by atoms with van der Waals surface area (Å²) in [6, 6.07) is 17.3. The number of furan rings is 1. The Morgan fingerprint density at radius 1 is 1.12 bits per heavy atom. The zero-order valence-electron chi connectivity index (χ0n) is 14.4. The third kappa shape index (κ3) is 3.88. The highest BCUT2D eigenvalue weighted by molar-refractivity contribution is 5.96. The highest BCUT2D eigenvalue weighted by Gasteiger charge is 2.10. The lowest BCUT2D eigenvalue weighted by Gasteiger charge is -2.20. The van der Waals surface area contributed by atoms with Crippen LogP contribution in [-0.4, -0.2) is 25.2 Å². The van der Waals surface area contributed by atoms with Crippen LogP contribution in [0.15, 0.2) is 64.1 Å². The molecule has 0 aliphatic carbocycles. The Hall–Kier alpha value is -3.08. The molecule has 1 N–H and O–H groups in total. The number of hydrogen-bond donors (Lipinski definition) is 1. The van der Waals surface area contributed by atoms with Crippen molar-refractivity contribution in [3.63, 3.8) is 0 Å². The first-order valence-corrected chi connectivity index (χ1v) is 8.38. The number of hydrazone groups is 1. The van der Waals surface area contributed by atoms with Crippen molar-refractivity contribution in [3.05, 3.63) is 65.9 Å². The minimum absolute atomic E-state index is 0.246. The van der Waals surface area contributed by atoms with Gasteiger partial charge in [-0.1, -0.05) is 30.3 Å². The summed E-state index contributed by atoms with van der Waals surface area (Å²) in [6.07, 6.45) is 1.62. The van der Waals surface area contributed by atoms with Crippen molar-refractivity contribution >= 4 is 28.8 Å². The second-order valence-electron chi connectivity index (χ2n) is 5.61. The number of nitrogens with zero attached hydrogens (tertiary/aromatic N) is 2. The molecule has 0 saturated heterocycles. The molecule has 1 heterocycles. The molecule has 0 radical (unpaired) electrons. The summed E-state index contributed by atoms with van der Waals surface area (Å²) in [5.74, 6) is -0.123. The molecule has 3 rings (SSSR count). The molecule has 3 aromatic rings. The van der Waals surface area contributed by atoms with E-state index >= 15 is 0 Å². The quantitative estimate of drug-likeness (QED) is 0.546. The molecule has 0 aliphatic heterocycles. The maximum Gasteiger partial charge on any atom is 0.307 e. The average Bonchev–Trinajstić information content (AvgIpc) is 3.08. The standard InChI is InChI=1S/C20H21N3O2/c1-3-23(4-2)17-11-9-15(10-12-17)14-21-22-20(24)19-13-16-7-5-6-8-18(16)25-19/h5-14H,3-4H2,1-2H3,(H,22,24). The number of carbonyl (C=O) groups excluding carboxylic acids is 1. The smallest absolute Gasteiger partial charge is 0.307 e. The van der Waals surface area contributed by atoms with E-state index in [1.54, 1.807) is 12.3 Å². The van der Waals surface area contributed by atoms with E-state index in [0.717, 1.165) is 24.0 Å². The maximum absolute atomic E-state index is 12.1. The summed E-state index contributed by atoms with van der Waals surface area (Å²) >= 11 is 0. The van der Waals surface area contributed by atoms with E-state index < -0.39 is 0 Å². The molecule has 0 saturated carbocycles. The Morgan fingerprint density at radius 3 is 2.52 bits per heavy atom. The van der Waals surface area contributed by atoms with Crippen molar-refractivity contribution < 1.29 is 9.21 Å². The van der Waals surface area contributed by atoms with E-state index in [9.17, 15) is 4.79 Å². The Morgan fingerprint density at radius 2 is 1.84 bits per heavy atom. The number of anilines is 1. The first-order chi connectivity index (χ1) is 12.2. The lowest BCUT2D eigenvalue weighted by Crippen LogP contribution is -2.21. The predicted molar refractivity (Wildman–Crippen MR) is 101 cm³/mol. The lowest BCUT2D eigenvalue weighted by atomic mass is 10.2. The van der Waals surface area contributed by atoms with Gasteiger partial charge >= 0.3 is 5.91 Å². The number of para-hydroxylation sites is 1. The maximum atomic E-state index is 12.1. The first-order valence-electron chi connectivity index (χ1n) is 8.38. The molecule has 0 bridgehead atoms. The molecule has 5 heteroatoms. The largest absolute Gasteiger partial charge is 0.451 e. The fourth-order valence-electron chi connectivity index (χ4n) is 2.67. The van der Waals surface area contributed by atoms with Crippen molar-refractivity contribution in [1.29, 1.82) is 0 Å². The van der Waals surface area contributed by atoms with Crippen molar-refractivity contribution in [2.75, 3.05) is 18.0 Å². The van der Waals surface area contributed by atoms with Gasteiger partial charge in [0.05, 0.1) is 6.21 Å². The molecule has 0 unspecified atom stereocenters. The van der Waals surface area contributed by atoms with Gasteiger partial charge < -0.3 is 9.32 Å². The van der Waals surface area contributed by atoms with Crippen molar-refractivity contribution in [2.45, 2.75) is 13.8 Å². The fourth-order valence-corrected chi connectivity index (χ4v) is 2.67. The third-order valence-corrected chi connectivity index (χ3v) is 4.05. The second-order valence-corrected chi connectivity index (χ2v) is 5.61. The Balaban J connectivity index is 1.63. The minimum atomic E-state index is -0.368. The molecule has 0 atom stereocenters. The summed E-state index contributed by atoms with van der Waals surface area (Å²) in [6.45, 7) is 6.20. The number of hydrogen-bond acceptors (Lipinski definition) is 4. The van der Waals surface area contributed by atoms with E-state index in [0.29, 0.717) is 5.58 Å². The number of fused-ring (bicyclic) bond motifs is 1. The van der Waals surface area contributed by atoms with Crippen LogP contribution in [0.25, 0.3) is 11.0 Å². The topological polar surface area (TPSA) is 57.8 Å². The number of amides is 1. The van der Waals surface area contributed by atoms with Gasteiger partial charge in [-0.25, -0.2) is 5.43 Å². The van der Waals surface area contributed by atoms with Crippen molar-refractivity contribution in [3.8, 4) is 0 Å². The molecule has 25 heavy (non-hydrogen) atoms. The summed E-state index contributed by atoms with van der Waals surface area (Å²) in [4.78, 5) is 14.4. The highest BCUT2D eigenvalue weighted by Crippen LogP contribution is 2.18. The summed E-state index contributed by atoms with van der Waals surface area (Å²) in [5, 5.41) is 4.90. The van der Waals surface area contributed by atoms with Crippen LogP contribution in [0.4, 0.5) is 5.69 Å². The Labute approximate surface area is 146 Å². The van der Waals surface area contributed by atoms with E-state index in [2.05, 4.69) is 41.4 Å². The summed E-state index contributed by atoms with van der Waals surface area (Å²) in [5.41, 5.74) is 5.27. The fraction of sp³-hybridized carbons (Fsp3) is 0.200. The normalized spacial score (nSPS) is 11.1. The van der Waals surface area contributed by atoms with Gasteiger partial charge in [-0.15, -0.1) is 0 Å². The molecular formula is C20H21N3O2. The number of rotatable bonds is 6. The van der Waals surface area contributed by atoms with Crippen LogP contribution in [-0.2, 0) is 0 Å². The molecule has 0 fully saturated rings. The first kappa shape index (κ1) is 16.8. The van der Waals surface area contributed by atoms with E-state index in [4.69, 9.17) is 4.42 Å². The third-order valence-electron chi connectivity index (χ3n) is 4.05. The van der Waals surface area contributed by atoms with Gasteiger partial charge in [0.1, 0.15) is 5.58 Å². The molecule has 128 valence electrons. The van der Waals surface area contributed by atoms with Crippen LogP contribution in [0.2, 0.25) is 0 Å². The zero-order chi connectivity index (χ0) is 17.6. The van der Waals surface area contributed by atoms with Crippen LogP contribution >= 0.6 is 0 Å². The summed E-state index contributed by atoms with van der Waals surface area (Å²) in [7, 11) is 0. The van der Waals surface area contributed by atoms with Crippen molar-refractivity contribution in [2.24, 2.45) is 5.10 Å². The van der Waals surface area contributed by atoms with Gasteiger partial charge in [-0.3, -0.25) is 4.79 Å². The van der Waals surface area contributed by atoms with Crippen LogP contribution in [0.3, 0.4) is 0 Å². The van der Waals surface area contributed by atoms with Gasteiger partial charge in [-0.05, 0) is 43.7 Å². The van der Waals surface area contributed by atoms with E-state index in [1.807, 2.05) is 36.4 Å². The molecule has 1 aromatic heterocycles. The van der Waals surface area contributed by atoms with Gasteiger partial charge in [0.25, 0.3) is 0 Å². The lowest BCUT2D eigenvalue weighted by molar-refractivity contribution is 0.0929. The Bertz CT molecular complexity index is 844. The van der Waals surface area contributed by atoms with Crippen LogP contribution < -0.4 is 10.3 Å². The number of benzene rings is 2. The summed E-state index contributed by atoms with van der Waals surface area (Å²) < 4.78 is 5.51. The van der Waals surface area contributed by atoms with Crippen LogP contribution in [0.1, 0.15) is 30.0 Å². The SMILES string of the molecule is CCN(CC)c1ccc(C=NNC(=O)c2cc3ccccc3o2)cc1. The zero-order valence-corrected chi connectivity index (χ0v) is 14.4. The molecular weight excluding hydrogens is 314 g/mol. The highest BCUT2D eigenvalue weighted by atomic mass is 16.3. The van der Waals surface area contributed by atoms with Crippen LogP contribution in [0, 0.1) is 0 Å². The van der Waals surface area contributed by atoms with Gasteiger partial charge in [-0.2, -0.15) is 5.10 Å². The average molecular weight is 335 g/mol. The Kier molecular flexibility index (Phi) is 5.14. The van der Waals surface area contributed by atoms with Gasteiger partial charge in [0, 0.05) is 24.2 Å². The molecule has 2 aromatic carbocycles. The molecule has 0 spiro atoms. The number of carbonyl (C=O) groups is 1.